The molecule has 0 spiro atoms. The number of nitrogens with zero attached hydrogens (tertiary/aromatic N) is 1. The molecule has 5 nitrogen and oxygen atoms in total. The molecule has 0 radical (unpaired) electrons. The van der Waals surface area contributed by atoms with Crippen LogP contribution in [0, 0.1) is 5.82 Å². The highest BCUT2D eigenvalue weighted by molar-refractivity contribution is 6.35. The second-order valence-corrected chi connectivity index (χ2v) is 6.33. The zero-order valence-corrected chi connectivity index (χ0v) is 14.6. The molecule has 0 saturated carbocycles. The first kappa shape index (κ1) is 17.9. The van der Waals surface area contributed by atoms with E-state index in [9.17, 15) is 14.0 Å². The van der Waals surface area contributed by atoms with Gasteiger partial charge in [-0.25, -0.2) is 9.18 Å². The van der Waals surface area contributed by atoms with E-state index in [0.29, 0.717) is 17.0 Å². The molecule has 3 N–H and O–H groups in total. The minimum absolute atomic E-state index is 0.00809. The van der Waals surface area contributed by atoms with Crippen molar-refractivity contribution in [2.24, 2.45) is 5.73 Å². The van der Waals surface area contributed by atoms with E-state index in [1.54, 1.807) is 12.3 Å². The van der Waals surface area contributed by atoms with Crippen LogP contribution in [0.15, 0.2) is 48.7 Å². The fourth-order valence-electron chi connectivity index (χ4n) is 2.82. The fourth-order valence-corrected chi connectivity index (χ4v) is 3.05. The fraction of sp³-hybridized carbons (Fsp3) is 0.158. The molecule has 3 aromatic rings. The molecule has 1 aromatic heterocycles. The summed E-state index contributed by atoms with van der Waals surface area (Å²) in [5.41, 5.74) is 7.71. The summed E-state index contributed by atoms with van der Waals surface area (Å²) in [6, 6.07) is 10.3. The van der Waals surface area contributed by atoms with E-state index < -0.39 is 11.9 Å². The van der Waals surface area contributed by atoms with Gasteiger partial charge in [-0.2, -0.15) is 0 Å². The number of primary amides is 1. The van der Waals surface area contributed by atoms with Crippen LogP contribution in [0.25, 0.3) is 10.9 Å². The van der Waals surface area contributed by atoms with E-state index in [4.69, 9.17) is 17.3 Å². The van der Waals surface area contributed by atoms with Crippen LogP contribution in [0.1, 0.15) is 17.5 Å². The Labute approximate surface area is 154 Å². The Kier molecular flexibility index (Phi) is 5.23. The lowest BCUT2D eigenvalue weighted by molar-refractivity contribution is -0.128. The predicted molar refractivity (Wildman–Crippen MR) is 98.2 cm³/mol. The molecule has 7 heteroatoms. The van der Waals surface area contributed by atoms with Crippen molar-refractivity contribution < 1.29 is 14.0 Å². The number of benzene rings is 2. The predicted octanol–water partition coefficient (Wildman–Crippen LogP) is 4.00. The minimum Gasteiger partial charge on any atom is -0.360 e. The molecule has 2 aromatic carbocycles. The molecule has 3 amide bonds. The quantitative estimate of drug-likeness (QED) is 0.708. The van der Waals surface area contributed by atoms with Crippen molar-refractivity contribution in [2.45, 2.75) is 19.4 Å². The first-order valence-corrected chi connectivity index (χ1v) is 8.42. The third-order valence-electron chi connectivity index (χ3n) is 4.18. The van der Waals surface area contributed by atoms with Gasteiger partial charge in [0, 0.05) is 18.0 Å². The highest BCUT2D eigenvalue weighted by Crippen LogP contribution is 2.26. The Morgan fingerprint density at radius 3 is 2.58 bits per heavy atom. The third-order valence-corrected chi connectivity index (χ3v) is 4.49. The molecule has 0 bridgehead atoms. The highest BCUT2D eigenvalue weighted by atomic mass is 35.5. The number of halogens is 2. The first-order chi connectivity index (χ1) is 12.5. The monoisotopic (exact) mass is 373 g/mol. The van der Waals surface area contributed by atoms with E-state index in [2.05, 4.69) is 4.98 Å². The maximum absolute atomic E-state index is 13.0. The first-order valence-electron chi connectivity index (χ1n) is 8.04. The Morgan fingerprint density at radius 2 is 1.88 bits per heavy atom. The van der Waals surface area contributed by atoms with E-state index in [0.717, 1.165) is 21.4 Å². The average molecular weight is 374 g/mol. The van der Waals surface area contributed by atoms with Crippen LogP contribution in [0.3, 0.4) is 0 Å². The topological polar surface area (TPSA) is 79.2 Å². The summed E-state index contributed by atoms with van der Waals surface area (Å²) in [4.78, 5) is 28.2. The second kappa shape index (κ2) is 7.58. The van der Waals surface area contributed by atoms with Crippen LogP contribution in [-0.4, -0.2) is 21.8 Å². The molecule has 0 aliphatic heterocycles. The Balaban J connectivity index is 1.70. The number of imide groups is 1. The number of carbonyl (C=O) groups is 2. The second-order valence-electron chi connectivity index (χ2n) is 5.92. The standard InChI is InChI=1S/C19H17ClFN3O2/c20-16-3-1-2-15-13(10-23-18(15)16)6-9-17(25)24(19(22)26)11-12-4-7-14(21)8-5-12/h1-5,7-8,10,23H,6,9,11H2,(H2,22,26). The van der Waals surface area contributed by atoms with Crippen molar-refractivity contribution >= 4 is 34.4 Å². The van der Waals surface area contributed by atoms with Crippen LogP contribution in [0.2, 0.25) is 5.02 Å². The number of hydrogen-bond acceptors (Lipinski definition) is 2. The maximum atomic E-state index is 13.0. The third kappa shape index (κ3) is 3.86. The Bertz CT molecular complexity index is 953. The van der Waals surface area contributed by atoms with Crippen molar-refractivity contribution in [2.75, 3.05) is 0 Å². The number of fused-ring (bicyclic) bond motifs is 1. The summed E-state index contributed by atoms with van der Waals surface area (Å²) in [5, 5.41) is 1.55. The number of aromatic amines is 1. The number of H-pyrrole nitrogens is 1. The summed E-state index contributed by atoms with van der Waals surface area (Å²) in [6.45, 7) is 0.00809. The molecule has 0 aliphatic carbocycles. The summed E-state index contributed by atoms with van der Waals surface area (Å²) < 4.78 is 13.0. The van der Waals surface area contributed by atoms with Gasteiger partial charge in [-0.05, 0) is 35.7 Å². The van der Waals surface area contributed by atoms with Crippen LogP contribution < -0.4 is 5.73 Å². The normalized spacial score (nSPS) is 10.8. The zero-order valence-electron chi connectivity index (χ0n) is 13.8. The molecule has 0 fully saturated rings. The van der Waals surface area contributed by atoms with Crippen LogP contribution in [0.5, 0.6) is 0 Å². The average Bonchev–Trinajstić information content (AvgIpc) is 3.03. The number of nitrogens with two attached hydrogens (primary N) is 1. The maximum Gasteiger partial charge on any atom is 0.321 e. The molecule has 26 heavy (non-hydrogen) atoms. The van der Waals surface area contributed by atoms with E-state index >= 15 is 0 Å². The van der Waals surface area contributed by atoms with Gasteiger partial charge in [0.05, 0.1) is 17.1 Å². The van der Waals surface area contributed by atoms with Crippen molar-refractivity contribution in [1.29, 1.82) is 0 Å². The molecule has 0 atom stereocenters. The van der Waals surface area contributed by atoms with Gasteiger partial charge in [0.1, 0.15) is 5.82 Å². The summed E-state index contributed by atoms with van der Waals surface area (Å²) in [6.07, 6.45) is 2.36. The van der Waals surface area contributed by atoms with Crippen molar-refractivity contribution in [3.8, 4) is 0 Å². The van der Waals surface area contributed by atoms with Crippen molar-refractivity contribution in [1.82, 2.24) is 9.88 Å². The molecule has 0 unspecified atom stereocenters. The van der Waals surface area contributed by atoms with Crippen molar-refractivity contribution in [3.63, 3.8) is 0 Å². The van der Waals surface area contributed by atoms with E-state index in [1.807, 2.05) is 12.1 Å². The smallest absolute Gasteiger partial charge is 0.321 e. The van der Waals surface area contributed by atoms with Gasteiger partial charge in [0.2, 0.25) is 5.91 Å². The lowest BCUT2D eigenvalue weighted by Gasteiger charge is -2.18. The number of para-hydroxylation sites is 1. The molecule has 1 heterocycles. The Hall–Kier alpha value is -2.86. The van der Waals surface area contributed by atoms with Gasteiger partial charge in [-0.1, -0.05) is 35.9 Å². The van der Waals surface area contributed by atoms with Gasteiger partial charge < -0.3 is 10.7 Å². The lowest BCUT2D eigenvalue weighted by Crippen LogP contribution is -2.40. The molecular weight excluding hydrogens is 357 g/mol. The highest BCUT2D eigenvalue weighted by Gasteiger charge is 2.19. The molecular formula is C19H17ClFN3O2. The van der Waals surface area contributed by atoms with Gasteiger partial charge in [0.15, 0.2) is 0 Å². The summed E-state index contributed by atoms with van der Waals surface area (Å²) in [7, 11) is 0. The number of hydrogen-bond donors (Lipinski definition) is 2. The van der Waals surface area contributed by atoms with E-state index in [-0.39, 0.29) is 18.8 Å². The van der Waals surface area contributed by atoms with Crippen molar-refractivity contribution in [3.05, 3.63) is 70.6 Å². The largest absolute Gasteiger partial charge is 0.360 e. The van der Waals surface area contributed by atoms with Crippen LogP contribution in [0.4, 0.5) is 9.18 Å². The number of nitrogens with one attached hydrogen (secondary N) is 1. The summed E-state index contributed by atoms with van der Waals surface area (Å²) in [5.74, 6) is -0.776. The number of carbonyl (C=O) groups excluding carboxylic acids is 2. The summed E-state index contributed by atoms with van der Waals surface area (Å²) >= 11 is 6.13. The minimum atomic E-state index is -0.832. The molecule has 3 rings (SSSR count). The van der Waals surface area contributed by atoms with Gasteiger partial charge in [-0.3, -0.25) is 9.69 Å². The van der Waals surface area contributed by atoms with Gasteiger partial charge in [-0.15, -0.1) is 0 Å². The SMILES string of the molecule is NC(=O)N(Cc1ccc(F)cc1)C(=O)CCc1c[nH]c2c(Cl)cccc12. The van der Waals surface area contributed by atoms with Crippen LogP contribution >= 0.6 is 11.6 Å². The van der Waals surface area contributed by atoms with E-state index in [1.165, 1.54) is 24.3 Å². The number of aromatic nitrogens is 1. The van der Waals surface area contributed by atoms with Crippen LogP contribution in [-0.2, 0) is 17.8 Å². The number of rotatable bonds is 5. The van der Waals surface area contributed by atoms with Gasteiger partial charge in [0.25, 0.3) is 0 Å². The van der Waals surface area contributed by atoms with Gasteiger partial charge >= 0.3 is 6.03 Å². The lowest BCUT2D eigenvalue weighted by atomic mass is 10.1. The molecule has 0 aliphatic rings. The Morgan fingerprint density at radius 1 is 1.15 bits per heavy atom. The number of aryl methyl sites for hydroxylation is 1. The zero-order chi connectivity index (χ0) is 18.7. The molecule has 0 saturated heterocycles. The molecule has 134 valence electrons. The number of amides is 3. The number of urea groups is 1.